The molecule has 0 saturated heterocycles. The van der Waals surface area contributed by atoms with Crippen LogP contribution in [0.4, 0.5) is 0 Å². The molecule has 0 aliphatic heterocycles. The Hall–Kier alpha value is -0.770. The van der Waals surface area contributed by atoms with Crippen molar-refractivity contribution >= 4 is 5.78 Å². The van der Waals surface area contributed by atoms with Crippen molar-refractivity contribution in [3.05, 3.63) is 0 Å². The predicted octanol–water partition coefficient (Wildman–Crippen LogP) is 1.62. The summed E-state index contributed by atoms with van der Waals surface area (Å²) < 4.78 is 0. The Morgan fingerprint density at radius 3 is 2.67 bits per heavy atom. The monoisotopic (exact) mass is 124 g/mol. The van der Waals surface area contributed by atoms with E-state index in [4.69, 9.17) is 6.42 Å². The number of carbonyl (C=O) groups is 1. The number of terminal acetylenes is 1. The van der Waals surface area contributed by atoms with Gasteiger partial charge < -0.3 is 4.79 Å². The van der Waals surface area contributed by atoms with E-state index < -0.39 is 0 Å². The lowest BCUT2D eigenvalue weighted by Gasteiger charge is -1.98. The molecule has 0 aromatic rings. The predicted molar refractivity (Wildman–Crippen MR) is 37.9 cm³/mol. The maximum atomic E-state index is 10.4. The molecule has 0 aromatic carbocycles. The molecule has 0 spiro atoms. The summed E-state index contributed by atoms with van der Waals surface area (Å²) in [5, 5.41) is 0. The van der Waals surface area contributed by atoms with E-state index in [0.29, 0.717) is 6.42 Å². The first-order valence-electron chi connectivity index (χ1n) is 3.12. The van der Waals surface area contributed by atoms with Crippen LogP contribution in [0.15, 0.2) is 0 Å². The molecule has 0 fully saturated rings. The lowest BCUT2D eigenvalue weighted by molar-refractivity contribution is -0.117. The molecule has 0 rings (SSSR count). The Bertz CT molecular complexity index is 130. The van der Waals surface area contributed by atoms with Crippen molar-refractivity contribution in [1.29, 1.82) is 0 Å². The van der Waals surface area contributed by atoms with Crippen LogP contribution in [0.5, 0.6) is 0 Å². The van der Waals surface area contributed by atoms with Gasteiger partial charge in [0, 0.05) is 12.3 Å². The van der Waals surface area contributed by atoms with Crippen molar-refractivity contribution in [2.24, 2.45) is 5.92 Å². The molecule has 0 aromatic heterocycles. The number of rotatable bonds is 3. The average molecular weight is 124 g/mol. The van der Waals surface area contributed by atoms with Crippen molar-refractivity contribution in [3.8, 4) is 12.3 Å². The molecule has 9 heavy (non-hydrogen) atoms. The fraction of sp³-hybridized carbons (Fsp3) is 0.625. The SMILES string of the molecule is C#CC(C)CCC(C)=O. The van der Waals surface area contributed by atoms with E-state index in [1.165, 1.54) is 0 Å². The number of Topliss-reactive ketones (excluding diaryl/α,β-unsaturated/α-hetero) is 1. The van der Waals surface area contributed by atoms with Gasteiger partial charge in [-0.25, -0.2) is 0 Å². The van der Waals surface area contributed by atoms with Gasteiger partial charge in [0.05, 0.1) is 0 Å². The van der Waals surface area contributed by atoms with E-state index in [1.54, 1.807) is 6.92 Å². The van der Waals surface area contributed by atoms with Crippen LogP contribution in [0.1, 0.15) is 26.7 Å². The molecule has 1 nitrogen and oxygen atoms in total. The van der Waals surface area contributed by atoms with Crippen molar-refractivity contribution in [2.45, 2.75) is 26.7 Å². The Labute approximate surface area is 56.5 Å². The molecule has 0 heterocycles. The minimum Gasteiger partial charge on any atom is -0.300 e. The summed E-state index contributed by atoms with van der Waals surface area (Å²) in [7, 11) is 0. The van der Waals surface area contributed by atoms with Crippen LogP contribution in [0.3, 0.4) is 0 Å². The van der Waals surface area contributed by atoms with Gasteiger partial charge in [0.25, 0.3) is 0 Å². The third-order valence-electron chi connectivity index (χ3n) is 1.21. The van der Waals surface area contributed by atoms with Crippen molar-refractivity contribution in [1.82, 2.24) is 0 Å². The van der Waals surface area contributed by atoms with Crippen LogP contribution in [0.25, 0.3) is 0 Å². The van der Waals surface area contributed by atoms with E-state index in [2.05, 4.69) is 5.92 Å². The topological polar surface area (TPSA) is 17.1 Å². The van der Waals surface area contributed by atoms with Crippen LogP contribution in [-0.2, 0) is 4.79 Å². The summed E-state index contributed by atoms with van der Waals surface area (Å²) in [5.74, 6) is 3.03. The Morgan fingerprint density at radius 1 is 1.78 bits per heavy atom. The van der Waals surface area contributed by atoms with Crippen molar-refractivity contribution in [2.75, 3.05) is 0 Å². The summed E-state index contributed by atoms with van der Waals surface area (Å²) in [6.07, 6.45) is 6.54. The fourth-order valence-corrected chi connectivity index (χ4v) is 0.503. The molecule has 50 valence electrons. The van der Waals surface area contributed by atoms with Gasteiger partial charge in [0.2, 0.25) is 0 Å². The third kappa shape index (κ3) is 5.10. The molecule has 0 amide bonds. The lowest BCUT2D eigenvalue weighted by atomic mass is 10.1. The Morgan fingerprint density at radius 2 is 2.33 bits per heavy atom. The van der Waals surface area contributed by atoms with Crippen LogP contribution in [0, 0.1) is 18.3 Å². The molecule has 0 aliphatic rings. The first-order chi connectivity index (χ1) is 4.16. The zero-order valence-corrected chi connectivity index (χ0v) is 5.98. The first kappa shape index (κ1) is 8.23. The summed E-state index contributed by atoms with van der Waals surface area (Å²) in [6.45, 7) is 3.53. The molecule has 0 saturated carbocycles. The summed E-state index contributed by atoms with van der Waals surface area (Å²) in [6, 6.07) is 0. The van der Waals surface area contributed by atoms with E-state index >= 15 is 0 Å². The van der Waals surface area contributed by atoms with E-state index in [1.807, 2.05) is 6.92 Å². The average Bonchev–Trinajstić information content (AvgIpc) is 1.83. The minimum atomic E-state index is 0.220. The van der Waals surface area contributed by atoms with Crippen molar-refractivity contribution < 1.29 is 4.79 Å². The van der Waals surface area contributed by atoms with Crippen LogP contribution in [-0.4, -0.2) is 5.78 Å². The van der Waals surface area contributed by atoms with Gasteiger partial charge in [-0.05, 0) is 13.3 Å². The number of carbonyl (C=O) groups excluding carboxylic acids is 1. The van der Waals surface area contributed by atoms with E-state index in [9.17, 15) is 4.79 Å². The van der Waals surface area contributed by atoms with Gasteiger partial charge >= 0.3 is 0 Å². The van der Waals surface area contributed by atoms with E-state index in [-0.39, 0.29) is 11.7 Å². The van der Waals surface area contributed by atoms with Gasteiger partial charge in [-0.1, -0.05) is 6.92 Å². The number of hydrogen-bond acceptors (Lipinski definition) is 1. The zero-order chi connectivity index (χ0) is 7.28. The van der Waals surface area contributed by atoms with Gasteiger partial charge in [0.1, 0.15) is 5.78 Å². The largest absolute Gasteiger partial charge is 0.300 e. The summed E-state index contributed by atoms with van der Waals surface area (Å²) in [5.41, 5.74) is 0. The smallest absolute Gasteiger partial charge is 0.129 e. The minimum absolute atomic E-state index is 0.220. The molecular formula is C8H12O. The second-order valence-electron chi connectivity index (χ2n) is 2.31. The highest BCUT2D eigenvalue weighted by Gasteiger charge is 1.98. The molecule has 0 N–H and O–H groups in total. The van der Waals surface area contributed by atoms with Crippen molar-refractivity contribution in [3.63, 3.8) is 0 Å². The molecule has 1 unspecified atom stereocenters. The number of ketones is 1. The lowest BCUT2D eigenvalue weighted by Crippen LogP contribution is -1.95. The quantitative estimate of drug-likeness (QED) is 0.522. The maximum absolute atomic E-state index is 10.4. The standard InChI is InChI=1S/C8H12O/c1-4-7(2)5-6-8(3)9/h1,7H,5-6H2,2-3H3. The highest BCUT2D eigenvalue weighted by atomic mass is 16.1. The highest BCUT2D eigenvalue weighted by Crippen LogP contribution is 2.02. The summed E-state index contributed by atoms with van der Waals surface area (Å²) >= 11 is 0. The zero-order valence-electron chi connectivity index (χ0n) is 5.98. The second-order valence-corrected chi connectivity index (χ2v) is 2.31. The Kier molecular flexibility index (Phi) is 3.79. The fourth-order valence-electron chi connectivity index (χ4n) is 0.503. The normalized spacial score (nSPS) is 12.1. The molecule has 1 heteroatoms. The van der Waals surface area contributed by atoms with Gasteiger partial charge in [-0.2, -0.15) is 0 Å². The van der Waals surface area contributed by atoms with Crippen LogP contribution < -0.4 is 0 Å². The second kappa shape index (κ2) is 4.14. The molecule has 0 radical (unpaired) electrons. The molecular weight excluding hydrogens is 112 g/mol. The van der Waals surface area contributed by atoms with Gasteiger partial charge in [0.15, 0.2) is 0 Å². The Balaban J connectivity index is 3.30. The number of hydrogen-bond donors (Lipinski definition) is 0. The van der Waals surface area contributed by atoms with Gasteiger partial charge in [-0.15, -0.1) is 12.3 Å². The maximum Gasteiger partial charge on any atom is 0.129 e. The first-order valence-corrected chi connectivity index (χ1v) is 3.12. The van der Waals surface area contributed by atoms with E-state index in [0.717, 1.165) is 6.42 Å². The van der Waals surface area contributed by atoms with Gasteiger partial charge in [-0.3, -0.25) is 0 Å². The molecule has 0 bridgehead atoms. The van der Waals surface area contributed by atoms with Crippen LogP contribution in [0.2, 0.25) is 0 Å². The summed E-state index contributed by atoms with van der Waals surface area (Å²) in [4.78, 5) is 10.4. The third-order valence-corrected chi connectivity index (χ3v) is 1.21. The van der Waals surface area contributed by atoms with Crippen LogP contribution >= 0.6 is 0 Å². The molecule has 1 atom stereocenters. The highest BCUT2D eigenvalue weighted by molar-refractivity contribution is 5.75. The molecule has 0 aliphatic carbocycles.